The molecule has 3 unspecified atom stereocenters. The van der Waals surface area contributed by atoms with E-state index in [2.05, 4.69) is 12.2 Å². The maximum absolute atomic E-state index is 12.1. The third-order valence-corrected chi connectivity index (χ3v) is 6.22. The van der Waals surface area contributed by atoms with Crippen molar-refractivity contribution in [3.05, 3.63) is 0 Å². The van der Waals surface area contributed by atoms with Crippen molar-refractivity contribution in [2.24, 2.45) is 5.92 Å². The van der Waals surface area contributed by atoms with Gasteiger partial charge in [-0.2, -0.15) is 0 Å². The molecule has 0 radical (unpaired) electrons. The smallest absolute Gasteiger partial charge is 0.156 e. The van der Waals surface area contributed by atoms with Crippen LogP contribution in [0.1, 0.15) is 40.0 Å². The van der Waals surface area contributed by atoms with E-state index in [-0.39, 0.29) is 22.6 Å². The largest absolute Gasteiger partial charge is 0.307 e. The second-order valence-corrected chi connectivity index (χ2v) is 8.12. The van der Waals surface area contributed by atoms with E-state index in [4.69, 9.17) is 0 Å². The van der Waals surface area contributed by atoms with Gasteiger partial charge in [0.1, 0.15) is 0 Å². The predicted octanol–water partition coefficient (Wildman–Crippen LogP) is 1.34. The van der Waals surface area contributed by atoms with E-state index in [9.17, 15) is 8.42 Å². The lowest BCUT2D eigenvalue weighted by molar-refractivity contribution is 0.245. The van der Waals surface area contributed by atoms with Crippen LogP contribution in [0.2, 0.25) is 0 Å². The van der Waals surface area contributed by atoms with Crippen molar-refractivity contribution < 1.29 is 8.42 Å². The fraction of sp³-hybridized carbons (Fsp3) is 1.00. The van der Waals surface area contributed by atoms with Crippen molar-refractivity contribution in [2.75, 3.05) is 5.75 Å². The van der Waals surface area contributed by atoms with Crippen molar-refractivity contribution in [3.63, 3.8) is 0 Å². The predicted molar refractivity (Wildman–Crippen MR) is 61.6 cm³/mol. The number of fused-ring (bicyclic) bond motifs is 1. The Hall–Kier alpha value is -0.0900. The van der Waals surface area contributed by atoms with Gasteiger partial charge in [-0.05, 0) is 39.0 Å². The van der Waals surface area contributed by atoms with E-state index in [1.54, 1.807) is 0 Å². The summed E-state index contributed by atoms with van der Waals surface area (Å²) in [6.07, 6.45) is 3.00. The van der Waals surface area contributed by atoms with Gasteiger partial charge in [0, 0.05) is 11.6 Å². The molecule has 88 valence electrons. The van der Waals surface area contributed by atoms with Crippen molar-refractivity contribution in [1.82, 2.24) is 5.32 Å². The average Bonchev–Trinajstić information content (AvgIpc) is 2.03. The lowest BCUT2D eigenvalue weighted by Crippen LogP contribution is -2.63. The lowest BCUT2D eigenvalue weighted by Gasteiger charge is -2.45. The van der Waals surface area contributed by atoms with Crippen LogP contribution in [-0.2, 0) is 9.84 Å². The van der Waals surface area contributed by atoms with Crippen LogP contribution in [0.5, 0.6) is 0 Å². The van der Waals surface area contributed by atoms with Gasteiger partial charge in [0.15, 0.2) is 9.84 Å². The Morgan fingerprint density at radius 2 is 1.93 bits per heavy atom. The zero-order valence-electron chi connectivity index (χ0n) is 9.79. The van der Waals surface area contributed by atoms with Gasteiger partial charge in [0.2, 0.25) is 0 Å². The van der Waals surface area contributed by atoms with Crippen LogP contribution < -0.4 is 5.32 Å². The monoisotopic (exact) mass is 231 g/mol. The van der Waals surface area contributed by atoms with Gasteiger partial charge < -0.3 is 5.32 Å². The summed E-state index contributed by atoms with van der Waals surface area (Å²) in [5.41, 5.74) is -0.249. The lowest BCUT2D eigenvalue weighted by atomic mass is 9.85. The first-order valence-electron chi connectivity index (χ1n) is 5.79. The van der Waals surface area contributed by atoms with E-state index >= 15 is 0 Å². The molecule has 0 bridgehead atoms. The van der Waals surface area contributed by atoms with Crippen molar-refractivity contribution in [2.45, 2.75) is 56.9 Å². The zero-order chi connectivity index (χ0) is 11.3. The number of sulfone groups is 1. The normalized spacial score (nSPS) is 43.3. The first kappa shape index (κ1) is 11.4. The standard InChI is InChI=1S/C11H21NO2S/c1-8-4-5-9-10(6-8)15(13,14)7-11(2,3)12-9/h8-10,12H,4-7H2,1-3H3. The minimum absolute atomic E-state index is 0.130. The molecule has 1 aliphatic heterocycles. The molecule has 1 heterocycles. The molecule has 2 rings (SSSR count). The zero-order valence-corrected chi connectivity index (χ0v) is 10.6. The highest BCUT2D eigenvalue weighted by molar-refractivity contribution is 7.92. The molecule has 0 aromatic heterocycles. The molecular formula is C11H21NO2S. The molecule has 4 heteroatoms. The van der Waals surface area contributed by atoms with Gasteiger partial charge >= 0.3 is 0 Å². The molecule has 1 saturated carbocycles. The molecule has 0 aromatic rings. The Bertz CT molecular complexity index is 348. The van der Waals surface area contributed by atoms with Gasteiger partial charge in [-0.3, -0.25) is 0 Å². The van der Waals surface area contributed by atoms with E-state index in [0.29, 0.717) is 5.92 Å². The third kappa shape index (κ3) is 2.21. The number of hydrogen-bond acceptors (Lipinski definition) is 3. The molecule has 3 nitrogen and oxygen atoms in total. The molecule has 0 amide bonds. The van der Waals surface area contributed by atoms with Gasteiger partial charge in [-0.15, -0.1) is 0 Å². The molecular weight excluding hydrogens is 210 g/mol. The highest BCUT2D eigenvalue weighted by atomic mass is 32.2. The van der Waals surface area contributed by atoms with E-state index in [1.807, 2.05) is 13.8 Å². The van der Waals surface area contributed by atoms with E-state index < -0.39 is 9.84 Å². The van der Waals surface area contributed by atoms with E-state index in [1.165, 1.54) is 0 Å². The number of hydrogen-bond donors (Lipinski definition) is 1. The van der Waals surface area contributed by atoms with Gasteiger partial charge in [0.25, 0.3) is 0 Å². The molecule has 2 fully saturated rings. The third-order valence-electron chi connectivity index (χ3n) is 3.65. The molecule has 1 saturated heterocycles. The van der Waals surface area contributed by atoms with Crippen molar-refractivity contribution >= 4 is 9.84 Å². The Morgan fingerprint density at radius 1 is 1.27 bits per heavy atom. The van der Waals surface area contributed by atoms with Crippen molar-refractivity contribution in [3.8, 4) is 0 Å². The topological polar surface area (TPSA) is 46.2 Å². The Kier molecular flexibility index (Phi) is 2.62. The second-order valence-electron chi connectivity index (χ2n) is 5.90. The molecule has 15 heavy (non-hydrogen) atoms. The summed E-state index contributed by atoms with van der Waals surface area (Å²) in [7, 11) is -2.89. The number of nitrogens with one attached hydrogen (secondary N) is 1. The summed E-state index contributed by atoms with van der Waals surface area (Å²) < 4.78 is 24.3. The summed E-state index contributed by atoms with van der Waals surface area (Å²) in [4.78, 5) is 0. The molecule has 3 atom stereocenters. The molecule has 0 aromatic carbocycles. The Labute approximate surface area is 92.6 Å². The van der Waals surface area contributed by atoms with Crippen LogP contribution in [0.15, 0.2) is 0 Å². The quantitative estimate of drug-likeness (QED) is 0.684. The molecule has 1 aliphatic carbocycles. The highest BCUT2D eigenvalue weighted by Gasteiger charge is 2.46. The van der Waals surface area contributed by atoms with E-state index in [0.717, 1.165) is 19.3 Å². The summed E-state index contributed by atoms with van der Waals surface area (Å²) in [6.45, 7) is 6.13. The van der Waals surface area contributed by atoms with Crippen LogP contribution in [-0.4, -0.2) is 31.0 Å². The average molecular weight is 231 g/mol. The van der Waals surface area contributed by atoms with Crippen LogP contribution in [0.3, 0.4) is 0 Å². The minimum Gasteiger partial charge on any atom is -0.307 e. The van der Waals surface area contributed by atoms with Gasteiger partial charge in [-0.1, -0.05) is 6.92 Å². The SMILES string of the molecule is CC1CCC2NC(C)(C)CS(=O)(=O)C2C1. The first-order chi connectivity index (χ1) is 6.80. The minimum atomic E-state index is -2.89. The highest BCUT2D eigenvalue weighted by Crippen LogP contribution is 2.34. The van der Waals surface area contributed by atoms with Gasteiger partial charge in [0.05, 0.1) is 11.0 Å². The Morgan fingerprint density at radius 3 is 2.60 bits per heavy atom. The van der Waals surface area contributed by atoms with Crippen LogP contribution in [0.4, 0.5) is 0 Å². The first-order valence-corrected chi connectivity index (χ1v) is 7.51. The van der Waals surface area contributed by atoms with Crippen LogP contribution in [0, 0.1) is 5.92 Å². The van der Waals surface area contributed by atoms with Crippen molar-refractivity contribution in [1.29, 1.82) is 0 Å². The summed E-state index contributed by atoms with van der Waals surface area (Å²) in [5.74, 6) is 0.845. The fourth-order valence-corrected chi connectivity index (χ4v) is 5.67. The summed E-state index contributed by atoms with van der Waals surface area (Å²) >= 11 is 0. The Balaban J connectivity index is 2.26. The molecule has 1 N–H and O–H groups in total. The maximum Gasteiger partial charge on any atom is 0.156 e. The summed E-state index contributed by atoms with van der Waals surface area (Å²) in [6, 6.07) is 0.190. The van der Waals surface area contributed by atoms with Crippen LogP contribution >= 0.6 is 0 Å². The number of rotatable bonds is 0. The fourth-order valence-electron chi connectivity index (χ4n) is 3.04. The van der Waals surface area contributed by atoms with Gasteiger partial charge in [-0.25, -0.2) is 8.42 Å². The van der Waals surface area contributed by atoms with Crippen LogP contribution in [0.25, 0.3) is 0 Å². The molecule has 2 aliphatic rings. The summed E-state index contributed by atoms with van der Waals surface area (Å²) in [5, 5.41) is 3.36. The molecule has 0 spiro atoms. The maximum atomic E-state index is 12.1. The second kappa shape index (κ2) is 3.45.